The van der Waals surface area contributed by atoms with Gasteiger partial charge in [0.25, 0.3) is 0 Å². The van der Waals surface area contributed by atoms with Crippen LogP contribution in [0.3, 0.4) is 0 Å². The van der Waals surface area contributed by atoms with Crippen molar-refractivity contribution in [2.45, 2.75) is 75.0 Å². The lowest BCUT2D eigenvalue weighted by atomic mass is 9.81. The van der Waals surface area contributed by atoms with Crippen LogP contribution in [0.2, 0.25) is 0 Å². The summed E-state index contributed by atoms with van der Waals surface area (Å²) in [5.74, 6) is 1.07. The topological polar surface area (TPSA) is 138 Å². The predicted octanol–water partition coefficient (Wildman–Crippen LogP) is -1.04. The standard InChI is InChI=1S/C21H45N7O2S/c1-15-7-9-28(14-15)17-6-8-25-20(10-17)26-13-18(12-23)31(29,30)27-19-5-3-4-16(11-22)21(19)24-2/h15-21,24-27H,3-14,22-23H2,1-2H3/t15-,16?,17?,18?,19?,20?,21?/m0/s1. The lowest BCUT2D eigenvalue weighted by Crippen LogP contribution is -2.59. The monoisotopic (exact) mass is 459 g/mol. The molecular weight excluding hydrogens is 414 g/mol. The molecule has 1 saturated carbocycles. The lowest BCUT2D eigenvalue weighted by molar-refractivity contribution is 0.159. The molecule has 31 heavy (non-hydrogen) atoms. The van der Waals surface area contributed by atoms with Crippen LogP contribution in [0.25, 0.3) is 0 Å². The molecule has 0 aromatic carbocycles. The summed E-state index contributed by atoms with van der Waals surface area (Å²) in [7, 11) is -1.66. The molecule has 2 heterocycles. The summed E-state index contributed by atoms with van der Waals surface area (Å²) >= 11 is 0. The smallest absolute Gasteiger partial charge is 0.217 e. The third-order valence-electron chi connectivity index (χ3n) is 7.62. The number of nitrogens with zero attached hydrogens (tertiary/aromatic N) is 1. The molecule has 6 unspecified atom stereocenters. The highest BCUT2D eigenvalue weighted by Gasteiger charge is 2.36. The molecule has 2 aliphatic heterocycles. The number of sulfonamides is 1. The Morgan fingerprint density at radius 2 is 2.00 bits per heavy atom. The summed E-state index contributed by atoms with van der Waals surface area (Å²) in [5.41, 5.74) is 11.8. The zero-order chi connectivity index (χ0) is 22.4. The van der Waals surface area contributed by atoms with Gasteiger partial charge < -0.3 is 27.4 Å². The van der Waals surface area contributed by atoms with E-state index in [-0.39, 0.29) is 30.7 Å². The number of nitrogens with two attached hydrogens (primary N) is 2. The van der Waals surface area contributed by atoms with E-state index in [0.29, 0.717) is 19.1 Å². The van der Waals surface area contributed by atoms with Gasteiger partial charge in [0.2, 0.25) is 10.0 Å². The highest BCUT2D eigenvalue weighted by molar-refractivity contribution is 7.90. The number of piperidine rings is 1. The maximum atomic E-state index is 13.1. The molecule has 2 saturated heterocycles. The van der Waals surface area contributed by atoms with E-state index >= 15 is 0 Å². The van der Waals surface area contributed by atoms with Gasteiger partial charge in [0.1, 0.15) is 5.25 Å². The summed E-state index contributed by atoms with van der Waals surface area (Å²) in [6, 6.07) is 0.491. The Kier molecular flexibility index (Phi) is 9.54. The second-order valence-electron chi connectivity index (χ2n) is 9.85. The van der Waals surface area contributed by atoms with E-state index in [9.17, 15) is 8.42 Å². The molecule has 0 radical (unpaired) electrons. The van der Waals surface area contributed by atoms with Crippen LogP contribution in [0.4, 0.5) is 0 Å². The Balaban J connectivity index is 1.53. The van der Waals surface area contributed by atoms with E-state index in [1.165, 1.54) is 19.5 Å². The van der Waals surface area contributed by atoms with Crippen LogP contribution in [0.5, 0.6) is 0 Å². The first-order chi connectivity index (χ1) is 14.9. The Hall–Kier alpha value is -0.330. The third kappa shape index (κ3) is 6.60. The zero-order valence-electron chi connectivity index (χ0n) is 19.4. The maximum Gasteiger partial charge on any atom is 0.217 e. The van der Waals surface area contributed by atoms with Crippen molar-refractivity contribution in [1.82, 2.24) is 25.6 Å². The van der Waals surface area contributed by atoms with Gasteiger partial charge in [0, 0.05) is 37.8 Å². The molecule has 8 N–H and O–H groups in total. The van der Waals surface area contributed by atoms with Gasteiger partial charge in [-0.05, 0) is 70.6 Å². The Bertz CT molecular complexity index is 650. The van der Waals surface area contributed by atoms with E-state index in [1.807, 2.05) is 7.05 Å². The summed E-state index contributed by atoms with van der Waals surface area (Å²) < 4.78 is 29.3. The molecule has 0 bridgehead atoms. The molecule has 0 amide bonds. The van der Waals surface area contributed by atoms with Crippen LogP contribution < -0.4 is 32.1 Å². The summed E-state index contributed by atoms with van der Waals surface area (Å²) in [4.78, 5) is 2.60. The summed E-state index contributed by atoms with van der Waals surface area (Å²) in [6.07, 6.45) is 6.40. The highest BCUT2D eigenvalue weighted by Crippen LogP contribution is 2.25. The molecule has 182 valence electrons. The largest absolute Gasteiger partial charge is 0.330 e. The Labute approximate surface area is 188 Å². The van der Waals surface area contributed by atoms with E-state index in [1.54, 1.807) is 0 Å². The van der Waals surface area contributed by atoms with Crippen molar-refractivity contribution < 1.29 is 8.42 Å². The first-order valence-corrected chi connectivity index (χ1v) is 13.7. The van der Waals surface area contributed by atoms with Crippen molar-refractivity contribution in [3.05, 3.63) is 0 Å². The van der Waals surface area contributed by atoms with Crippen molar-refractivity contribution in [3.63, 3.8) is 0 Å². The van der Waals surface area contributed by atoms with Gasteiger partial charge in [-0.3, -0.25) is 4.90 Å². The van der Waals surface area contributed by atoms with Crippen LogP contribution in [0.1, 0.15) is 45.4 Å². The van der Waals surface area contributed by atoms with Crippen LogP contribution in [0.15, 0.2) is 0 Å². The molecule has 3 rings (SSSR count). The van der Waals surface area contributed by atoms with Crippen molar-refractivity contribution in [2.24, 2.45) is 23.3 Å². The molecule has 0 aromatic heterocycles. The van der Waals surface area contributed by atoms with E-state index < -0.39 is 15.3 Å². The SMILES string of the molecule is CNC1C(CN)CCCC1NS(=O)(=O)C(CN)CNC1CC(N2CC[C@H](C)C2)CCN1. The molecule has 10 heteroatoms. The minimum Gasteiger partial charge on any atom is -0.330 e. The Morgan fingerprint density at radius 3 is 2.65 bits per heavy atom. The molecule has 0 aromatic rings. The van der Waals surface area contributed by atoms with Gasteiger partial charge in [-0.15, -0.1) is 0 Å². The van der Waals surface area contributed by atoms with Crippen molar-refractivity contribution >= 4 is 10.0 Å². The van der Waals surface area contributed by atoms with Crippen LogP contribution in [-0.2, 0) is 10.0 Å². The van der Waals surface area contributed by atoms with E-state index in [2.05, 4.69) is 32.5 Å². The normalized spacial score (nSPS) is 36.5. The van der Waals surface area contributed by atoms with Crippen LogP contribution >= 0.6 is 0 Å². The van der Waals surface area contributed by atoms with Gasteiger partial charge in [-0.2, -0.15) is 0 Å². The van der Waals surface area contributed by atoms with Gasteiger partial charge in [0.05, 0.1) is 6.17 Å². The fraction of sp³-hybridized carbons (Fsp3) is 1.00. The minimum absolute atomic E-state index is 0.0588. The molecule has 3 aliphatic rings. The second kappa shape index (κ2) is 11.7. The van der Waals surface area contributed by atoms with Crippen molar-refractivity contribution in [1.29, 1.82) is 0 Å². The number of nitrogens with one attached hydrogen (secondary N) is 4. The first-order valence-electron chi connectivity index (χ1n) is 12.2. The number of likely N-dealkylation sites (N-methyl/N-ethyl adjacent to an activating group) is 1. The number of hydrogen-bond acceptors (Lipinski definition) is 8. The van der Waals surface area contributed by atoms with Crippen LogP contribution in [0, 0.1) is 11.8 Å². The molecule has 3 fully saturated rings. The summed E-state index contributed by atoms with van der Waals surface area (Å²) in [6.45, 7) is 6.65. The third-order valence-corrected chi connectivity index (χ3v) is 9.49. The van der Waals surface area contributed by atoms with Crippen molar-refractivity contribution in [2.75, 3.05) is 46.3 Å². The number of hydrogen-bond donors (Lipinski definition) is 6. The number of likely N-dealkylation sites (tertiary alicyclic amines) is 1. The number of rotatable bonds is 10. The zero-order valence-corrected chi connectivity index (χ0v) is 20.2. The molecule has 0 spiro atoms. The lowest BCUT2D eigenvalue weighted by Gasteiger charge is -2.39. The molecular formula is C21H45N7O2S. The van der Waals surface area contributed by atoms with Crippen LogP contribution in [-0.4, -0.2) is 89.2 Å². The van der Waals surface area contributed by atoms with Gasteiger partial charge in [-0.25, -0.2) is 13.1 Å². The molecule has 9 nitrogen and oxygen atoms in total. The quantitative estimate of drug-likeness (QED) is 0.244. The highest BCUT2D eigenvalue weighted by atomic mass is 32.2. The van der Waals surface area contributed by atoms with E-state index in [4.69, 9.17) is 11.5 Å². The Morgan fingerprint density at radius 1 is 1.19 bits per heavy atom. The van der Waals surface area contributed by atoms with E-state index in [0.717, 1.165) is 44.6 Å². The summed E-state index contributed by atoms with van der Waals surface area (Å²) in [5, 5.41) is 9.59. The predicted molar refractivity (Wildman–Crippen MR) is 126 cm³/mol. The van der Waals surface area contributed by atoms with Gasteiger partial charge in [0.15, 0.2) is 0 Å². The van der Waals surface area contributed by atoms with Crippen molar-refractivity contribution in [3.8, 4) is 0 Å². The average molecular weight is 460 g/mol. The molecule has 7 atom stereocenters. The molecule has 1 aliphatic carbocycles. The first kappa shape index (κ1) is 25.3. The van der Waals surface area contributed by atoms with Gasteiger partial charge >= 0.3 is 0 Å². The fourth-order valence-electron chi connectivity index (χ4n) is 5.71. The second-order valence-corrected chi connectivity index (χ2v) is 11.8. The average Bonchev–Trinajstić information content (AvgIpc) is 3.20. The van der Waals surface area contributed by atoms with Gasteiger partial charge in [-0.1, -0.05) is 13.3 Å². The fourth-order valence-corrected chi connectivity index (χ4v) is 7.16. The minimum atomic E-state index is -3.54. The maximum absolute atomic E-state index is 13.1.